The summed E-state index contributed by atoms with van der Waals surface area (Å²) in [5, 5.41) is 10.5. The van der Waals surface area contributed by atoms with E-state index in [4.69, 9.17) is 0 Å². The van der Waals surface area contributed by atoms with E-state index in [1.165, 1.54) is 38.5 Å². The zero-order valence-corrected chi connectivity index (χ0v) is 12.1. The molecule has 0 aromatic rings. The van der Waals surface area contributed by atoms with Gasteiger partial charge in [0.1, 0.15) is 0 Å². The number of rotatable bonds is 5. The third-order valence-corrected chi connectivity index (χ3v) is 6.43. The molecular weight excluding hydrogens is 208 g/mol. The lowest BCUT2D eigenvalue weighted by molar-refractivity contribution is -0.0000894. The molecule has 100 valence electrons. The number of hydrogen-bond acceptors (Lipinski definition) is 1. The fourth-order valence-electron chi connectivity index (χ4n) is 4.65. The first kappa shape index (κ1) is 13.4. The quantitative estimate of drug-likeness (QED) is 0.704. The van der Waals surface area contributed by atoms with Crippen molar-refractivity contribution in [2.24, 2.45) is 22.7 Å². The molecule has 0 aromatic heterocycles. The van der Waals surface area contributed by atoms with Crippen molar-refractivity contribution in [3.8, 4) is 0 Å². The molecule has 0 radical (unpaired) electrons. The van der Waals surface area contributed by atoms with Crippen LogP contribution in [0.1, 0.15) is 72.6 Å². The van der Waals surface area contributed by atoms with Crippen LogP contribution in [-0.4, -0.2) is 11.2 Å². The van der Waals surface area contributed by atoms with Crippen LogP contribution in [0.5, 0.6) is 0 Å². The monoisotopic (exact) mass is 238 g/mol. The van der Waals surface area contributed by atoms with Crippen LogP contribution in [0.15, 0.2) is 0 Å². The second kappa shape index (κ2) is 4.57. The molecule has 1 N–H and O–H groups in total. The summed E-state index contributed by atoms with van der Waals surface area (Å²) >= 11 is 0. The maximum atomic E-state index is 10.5. The Kier molecular flexibility index (Phi) is 3.60. The van der Waals surface area contributed by atoms with E-state index in [0.717, 1.165) is 12.3 Å². The van der Waals surface area contributed by atoms with E-state index < -0.39 is 0 Å². The van der Waals surface area contributed by atoms with E-state index in [2.05, 4.69) is 27.7 Å². The minimum Gasteiger partial charge on any atom is -0.393 e. The Morgan fingerprint density at radius 3 is 2.41 bits per heavy atom. The van der Waals surface area contributed by atoms with E-state index in [9.17, 15) is 5.11 Å². The van der Waals surface area contributed by atoms with E-state index in [1.807, 2.05) is 0 Å². The standard InChI is InChI=1S/C16H30O/c1-5-6-7-8-14(17)13-11-12-9-10-16(13,4)15(12,2)3/h12-14,17H,5-11H2,1-4H3. The van der Waals surface area contributed by atoms with Crippen LogP contribution in [-0.2, 0) is 0 Å². The van der Waals surface area contributed by atoms with Gasteiger partial charge in [0.15, 0.2) is 0 Å². The third-order valence-electron chi connectivity index (χ3n) is 6.43. The van der Waals surface area contributed by atoms with Crippen LogP contribution >= 0.6 is 0 Å². The maximum Gasteiger partial charge on any atom is 0.0573 e. The summed E-state index contributed by atoms with van der Waals surface area (Å²) < 4.78 is 0. The van der Waals surface area contributed by atoms with Gasteiger partial charge in [-0.15, -0.1) is 0 Å². The second-order valence-corrected chi connectivity index (χ2v) is 7.28. The highest BCUT2D eigenvalue weighted by molar-refractivity contribution is 5.11. The second-order valence-electron chi connectivity index (χ2n) is 7.28. The number of hydrogen-bond donors (Lipinski definition) is 1. The molecule has 2 saturated carbocycles. The van der Waals surface area contributed by atoms with Crippen molar-refractivity contribution in [1.29, 1.82) is 0 Å². The van der Waals surface area contributed by atoms with Crippen LogP contribution < -0.4 is 0 Å². The Bertz CT molecular complexity index is 271. The molecule has 2 rings (SSSR count). The molecular formula is C16H30O. The first-order chi connectivity index (χ1) is 7.93. The van der Waals surface area contributed by atoms with Gasteiger partial charge in [0.2, 0.25) is 0 Å². The minimum absolute atomic E-state index is 0.0453. The van der Waals surface area contributed by atoms with Crippen LogP contribution in [0.3, 0.4) is 0 Å². The molecule has 0 aliphatic heterocycles. The summed E-state index contributed by atoms with van der Waals surface area (Å²) in [6.07, 6.45) is 8.71. The molecule has 1 heteroatoms. The van der Waals surface area contributed by atoms with Crippen LogP contribution in [0.2, 0.25) is 0 Å². The molecule has 1 nitrogen and oxygen atoms in total. The third kappa shape index (κ3) is 1.95. The first-order valence-corrected chi connectivity index (χ1v) is 7.61. The highest BCUT2D eigenvalue weighted by atomic mass is 16.3. The average molecular weight is 238 g/mol. The Balaban J connectivity index is 1.99. The molecule has 2 bridgehead atoms. The molecule has 0 saturated heterocycles. The Hall–Kier alpha value is -0.0400. The highest BCUT2D eigenvalue weighted by Gasteiger charge is 2.62. The van der Waals surface area contributed by atoms with Gasteiger partial charge in [-0.3, -0.25) is 0 Å². The van der Waals surface area contributed by atoms with Gasteiger partial charge in [-0.25, -0.2) is 0 Å². The predicted octanol–water partition coefficient (Wildman–Crippen LogP) is 4.39. The summed E-state index contributed by atoms with van der Waals surface area (Å²) in [6.45, 7) is 9.54. The molecule has 0 spiro atoms. The number of unbranched alkanes of at least 4 members (excludes halogenated alkanes) is 2. The van der Waals surface area contributed by atoms with Crippen LogP contribution in [0, 0.1) is 22.7 Å². The van der Waals surface area contributed by atoms with Gasteiger partial charge in [-0.1, -0.05) is 47.0 Å². The zero-order valence-electron chi connectivity index (χ0n) is 12.1. The van der Waals surface area contributed by atoms with Gasteiger partial charge in [0.25, 0.3) is 0 Å². The molecule has 0 amide bonds. The Morgan fingerprint density at radius 1 is 1.24 bits per heavy atom. The molecule has 2 aliphatic rings. The van der Waals surface area contributed by atoms with Gasteiger partial charge < -0.3 is 5.11 Å². The van der Waals surface area contributed by atoms with Crippen molar-refractivity contribution in [3.63, 3.8) is 0 Å². The minimum atomic E-state index is -0.0453. The molecule has 4 atom stereocenters. The highest BCUT2D eigenvalue weighted by Crippen LogP contribution is 2.68. The predicted molar refractivity (Wildman–Crippen MR) is 72.9 cm³/mol. The summed E-state index contributed by atoms with van der Waals surface area (Å²) in [5.41, 5.74) is 0.840. The normalized spacial score (nSPS) is 40.8. The van der Waals surface area contributed by atoms with E-state index in [1.54, 1.807) is 0 Å². The number of aliphatic hydroxyl groups excluding tert-OH is 1. The lowest BCUT2D eigenvalue weighted by Gasteiger charge is -2.41. The smallest absolute Gasteiger partial charge is 0.0573 e. The van der Waals surface area contributed by atoms with Gasteiger partial charge >= 0.3 is 0 Å². The molecule has 17 heavy (non-hydrogen) atoms. The van der Waals surface area contributed by atoms with Crippen LogP contribution in [0.25, 0.3) is 0 Å². The van der Waals surface area contributed by atoms with E-state index >= 15 is 0 Å². The van der Waals surface area contributed by atoms with Crippen LogP contribution in [0.4, 0.5) is 0 Å². The molecule has 2 fully saturated rings. The molecule has 2 aliphatic carbocycles. The number of aliphatic hydroxyl groups is 1. The van der Waals surface area contributed by atoms with Gasteiger partial charge in [0, 0.05) is 0 Å². The van der Waals surface area contributed by atoms with E-state index in [0.29, 0.717) is 16.7 Å². The topological polar surface area (TPSA) is 20.2 Å². The van der Waals surface area contributed by atoms with Crippen molar-refractivity contribution in [1.82, 2.24) is 0 Å². The average Bonchev–Trinajstić information content (AvgIpc) is 2.61. The van der Waals surface area contributed by atoms with Crippen molar-refractivity contribution in [3.05, 3.63) is 0 Å². The largest absolute Gasteiger partial charge is 0.393 e. The first-order valence-electron chi connectivity index (χ1n) is 7.61. The number of fused-ring (bicyclic) bond motifs is 2. The lowest BCUT2D eigenvalue weighted by atomic mass is 9.65. The molecule has 0 aromatic carbocycles. The van der Waals surface area contributed by atoms with Crippen molar-refractivity contribution >= 4 is 0 Å². The van der Waals surface area contributed by atoms with Crippen molar-refractivity contribution in [2.75, 3.05) is 0 Å². The Labute approximate surface area is 107 Å². The summed E-state index contributed by atoms with van der Waals surface area (Å²) in [5.74, 6) is 1.42. The SMILES string of the molecule is CCCCCC(O)C1CC2CCC1(C)C2(C)C. The van der Waals surface area contributed by atoms with Gasteiger partial charge in [0.05, 0.1) is 6.10 Å². The summed E-state index contributed by atoms with van der Waals surface area (Å²) in [4.78, 5) is 0. The van der Waals surface area contributed by atoms with Crippen molar-refractivity contribution < 1.29 is 5.11 Å². The lowest BCUT2D eigenvalue weighted by Crippen LogP contribution is -2.38. The van der Waals surface area contributed by atoms with E-state index in [-0.39, 0.29) is 6.10 Å². The van der Waals surface area contributed by atoms with Gasteiger partial charge in [-0.05, 0) is 48.3 Å². The molecule has 0 heterocycles. The summed E-state index contributed by atoms with van der Waals surface area (Å²) in [7, 11) is 0. The maximum absolute atomic E-state index is 10.5. The summed E-state index contributed by atoms with van der Waals surface area (Å²) in [6, 6.07) is 0. The molecule has 4 unspecified atom stereocenters. The Morgan fingerprint density at radius 2 is 1.94 bits per heavy atom. The van der Waals surface area contributed by atoms with Crippen molar-refractivity contribution in [2.45, 2.75) is 78.7 Å². The fourth-order valence-corrected chi connectivity index (χ4v) is 4.65. The fraction of sp³-hybridized carbons (Fsp3) is 1.00. The zero-order chi connectivity index (χ0) is 12.7. The van der Waals surface area contributed by atoms with Gasteiger partial charge in [-0.2, -0.15) is 0 Å².